The number of hydrogen-bond acceptors (Lipinski definition) is 3. The van der Waals surface area contributed by atoms with Crippen LogP contribution in [0.2, 0.25) is 0 Å². The Balaban J connectivity index is 2.37. The van der Waals surface area contributed by atoms with Crippen LogP contribution in [0, 0.1) is 0 Å². The van der Waals surface area contributed by atoms with Crippen LogP contribution >= 0.6 is 12.2 Å². The second kappa shape index (κ2) is 6.63. The molecule has 1 heterocycles. The molecule has 0 aliphatic heterocycles. The van der Waals surface area contributed by atoms with Gasteiger partial charge in [-0.1, -0.05) is 30.4 Å². The minimum Gasteiger partial charge on any atom is -0.393 e. The number of hydrogen-bond donors (Lipinski definition) is 1. The molecule has 0 fully saturated rings. The standard InChI is InChI=1S/C16H19N3OS/c1-11(2)19(10-8-15(17)21)16(20)13-7-9-18-14-6-4-3-5-12(13)14/h3-7,9,11H,8,10H2,1-2H3,(H2,17,21). The Morgan fingerprint density at radius 3 is 2.71 bits per heavy atom. The van der Waals surface area contributed by atoms with Crippen LogP contribution in [0.1, 0.15) is 30.6 Å². The van der Waals surface area contributed by atoms with Gasteiger partial charge in [-0.2, -0.15) is 0 Å². The van der Waals surface area contributed by atoms with E-state index >= 15 is 0 Å². The molecule has 0 aliphatic rings. The number of rotatable bonds is 5. The van der Waals surface area contributed by atoms with E-state index in [4.69, 9.17) is 18.0 Å². The smallest absolute Gasteiger partial charge is 0.254 e. The van der Waals surface area contributed by atoms with Crippen molar-refractivity contribution in [2.24, 2.45) is 5.73 Å². The Hall–Kier alpha value is -2.01. The summed E-state index contributed by atoms with van der Waals surface area (Å²) in [6, 6.07) is 9.49. The fraction of sp³-hybridized carbons (Fsp3) is 0.312. The third-order valence-electron chi connectivity index (χ3n) is 3.36. The van der Waals surface area contributed by atoms with E-state index in [1.807, 2.05) is 38.1 Å². The molecular weight excluding hydrogens is 282 g/mol. The van der Waals surface area contributed by atoms with E-state index in [0.29, 0.717) is 23.5 Å². The van der Waals surface area contributed by atoms with E-state index < -0.39 is 0 Å². The van der Waals surface area contributed by atoms with Crippen molar-refractivity contribution in [1.29, 1.82) is 0 Å². The van der Waals surface area contributed by atoms with E-state index in [1.54, 1.807) is 17.2 Å². The zero-order valence-corrected chi connectivity index (χ0v) is 13.1. The first-order valence-electron chi connectivity index (χ1n) is 6.93. The third kappa shape index (κ3) is 3.55. The lowest BCUT2D eigenvalue weighted by Crippen LogP contribution is -2.39. The average molecular weight is 301 g/mol. The Kier molecular flexibility index (Phi) is 4.85. The molecule has 4 nitrogen and oxygen atoms in total. The fourth-order valence-electron chi connectivity index (χ4n) is 2.26. The number of aromatic nitrogens is 1. The molecule has 0 atom stereocenters. The van der Waals surface area contributed by atoms with Gasteiger partial charge in [0.05, 0.1) is 16.1 Å². The van der Waals surface area contributed by atoms with Crippen molar-refractivity contribution >= 4 is 34.0 Å². The normalized spacial score (nSPS) is 10.8. The summed E-state index contributed by atoms with van der Waals surface area (Å²) in [6.07, 6.45) is 2.20. The van der Waals surface area contributed by atoms with Gasteiger partial charge in [-0.05, 0) is 26.0 Å². The van der Waals surface area contributed by atoms with E-state index in [0.717, 1.165) is 10.9 Å². The van der Waals surface area contributed by atoms with E-state index in [9.17, 15) is 4.79 Å². The van der Waals surface area contributed by atoms with E-state index in [1.165, 1.54) is 0 Å². The lowest BCUT2D eigenvalue weighted by atomic mass is 10.1. The van der Waals surface area contributed by atoms with Crippen molar-refractivity contribution in [2.45, 2.75) is 26.3 Å². The number of para-hydroxylation sites is 1. The van der Waals surface area contributed by atoms with Gasteiger partial charge in [-0.3, -0.25) is 9.78 Å². The summed E-state index contributed by atoms with van der Waals surface area (Å²) in [5, 5.41) is 0.867. The van der Waals surface area contributed by atoms with Crippen molar-refractivity contribution in [3.8, 4) is 0 Å². The van der Waals surface area contributed by atoms with Crippen molar-refractivity contribution in [3.63, 3.8) is 0 Å². The highest BCUT2D eigenvalue weighted by molar-refractivity contribution is 7.80. The van der Waals surface area contributed by atoms with Gasteiger partial charge in [0.1, 0.15) is 0 Å². The molecule has 0 aliphatic carbocycles. The molecule has 0 radical (unpaired) electrons. The summed E-state index contributed by atoms with van der Waals surface area (Å²) in [7, 11) is 0. The lowest BCUT2D eigenvalue weighted by molar-refractivity contribution is 0.0713. The van der Waals surface area contributed by atoms with Crippen LogP contribution in [0.25, 0.3) is 10.9 Å². The fourth-order valence-corrected chi connectivity index (χ4v) is 2.35. The van der Waals surface area contributed by atoms with Gasteiger partial charge in [-0.25, -0.2) is 0 Å². The first-order valence-corrected chi connectivity index (χ1v) is 7.34. The molecule has 21 heavy (non-hydrogen) atoms. The highest BCUT2D eigenvalue weighted by atomic mass is 32.1. The van der Waals surface area contributed by atoms with Gasteiger partial charge in [-0.15, -0.1) is 0 Å². The Labute approximate surface area is 130 Å². The number of thiocarbonyl (C=S) groups is 1. The number of nitrogens with zero attached hydrogens (tertiary/aromatic N) is 2. The number of nitrogens with two attached hydrogens (primary N) is 1. The van der Waals surface area contributed by atoms with Gasteiger partial charge in [0.2, 0.25) is 0 Å². The molecule has 1 aromatic heterocycles. The van der Waals surface area contributed by atoms with Crippen LogP contribution in [0.5, 0.6) is 0 Å². The molecule has 0 bridgehead atoms. The maximum atomic E-state index is 12.8. The number of carbonyl (C=O) groups excluding carboxylic acids is 1. The summed E-state index contributed by atoms with van der Waals surface area (Å²) in [4.78, 5) is 19.3. The molecule has 2 rings (SSSR count). The molecule has 2 aromatic rings. The second-order valence-electron chi connectivity index (χ2n) is 5.18. The van der Waals surface area contributed by atoms with Crippen molar-refractivity contribution in [3.05, 3.63) is 42.1 Å². The summed E-state index contributed by atoms with van der Waals surface area (Å²) >= 11 is 4.91. The van der Waals surface area contributed by atoms with Gasteiger partial charge < -0.3 is 10.6 Å². The predicted molar refractivity (Wildman–Crippen MR) is 89.3 cm³/mol. The topological polar surface area (TPSA) is 59.2 Å². The number of pyridine rings is 1. The average Bonchev–Trinajstić information content (AvgIpc) is 2.46. The van der Waals surface area contributed by atoms with Gasteiger partial charge in [0.25, 0.3) is 5.91 Å². The van der Waals surface area contributed by atoms with Crippen LogP contribution < -0.4 is 5.73 Å². The molecule has 0 unspecified atom stereocenters. The SMILES string of the molecule is CC(C)N(CCC(N)=S)C(=O)c1ccnc2ccccc12. The van der Waals surface area contributed by atoms with Crippen LogP contribution in [-0.2, 0) is 0 Å². The first kappa shape index (κ1) is 15.4. The largest absolute Gasteiger partial charge is 0.393 e. The van der Waals surface area contributed by atoms with Gasteiger partial charge >= 0.3 is 0 Å². The molecule has 0 saturated carbocycles. The predicted octanol–water partition coefficient (Wildman–Crippen LogP) is 2.76. The van der Waals surface area contributed by atoms with Crippen molar-refractivity contribution in [1.82, 2.24) is 9.88 Å². The molecule has 1 aromatic carbocycles. The first-order chi connectivity index (χ1) is 10.0. The molecule has 0 spiro atoms. The quantitative estimate of drug-likeness (QED) is 0.863. The molecular formula is C16H19N3OS. The van der Waals surface area contributed by atoms with E-state index in [-0.39, 0.29) is 11.9 Å². The van der Waals surface area contributed by atoms with Gasteiger partial charge in [0.15, 0.2) is 0 Å². The zero-order valence-electron chi connectivity index (χ0n) is 12.2. The van der Waals surface area contributed by atoms with Crippen LogP contribution in [-0.4, -0.2) is 33.4 Å². The third-order valence-corrected chi connectivity index (χ3v) is 3.57. The zero-order chi connectivity index (χ0) is 15.4. The monoisotopic (exact) mass is 301 g/mol. The second-order valence-corrected chi connectivity index (χ2v) is 5.71. The molecule has 110 valence electrons. The molecule has 2 N–H and O–H groups in total. The highest BCUT2D eigenvalue weighted by Gasteiger charge is 2.20. The van der Waals surface area contributed by atoms with Gasteiger partial charge in [0, 0.05) is 30.6 Å². The number of carbonyl (C=O) groups is 1. The van der Waals surface area contributed by atoms with Crippen LogP contribution in [0.3, 0.4) is 0 Å². The van der Waals surface area contributed by atoms with Crippen LogP contribution in [0.15, 0.2) is 36.5 Å². The summed E-state index contributed by atoms with van der Waals surface area (Å²) < 4.78 is 0. The lowest BCUT2D eigenvalue weighted by Gasteiger charge is -2.27. The molecule has 1 amide bonds. The molecule has 0 saturated heterocycles. The Morgan fingerprint density at radius 2 is 2.05 bits per heavy atom. The number of benzene rings is 1. The number of fused-ring (bicyclic) bond motifs is 1. The minimum atomic E-state index is -0.0140. The Morgan fingerprint density at radius 1 is 1.33 bits per heavy atom. The Bertz CT molecular complexity index is 664. The highest BCUT2D eigenvalue weighted by Crippen LogP contribution is 2.19. The maximum absolute atomic E-state index is 12.8. The summed E-state index contributed by atoms with van der Waals surface area (Å²) in [5.74, 6) is -0.0140. The number of amides is 1. The molecule has 5 heteroatoms. The summed E-state index contributed by atoms with van der Waals surface area (Å²) in [6.45, 7) is 4.50. The van der Waals surface area contributed by atoms with Crippen LogP contribution in [0.4, 0.5) is 0 Å². The minimum absolute atomic E-state index is 0.0140. The van der Waals surface area contributed by atoms with Crippen molar-refractivity contribution in [2.75, 3.05) is 6.54 Å². The van der Waals surface area contributed by atoms with E-state index in [2.05, 4.69) is 4.98 Å². The maximum Gasteiger partial charge on any atom is 0.254 e. The summed E-state index contributed by atoms with van der Waals surface area (Å²) in [5.41, 5.74) is 7.04. The van der Waals surface area contributed by atoms with Crippen molar-refractivity contribution < 1.29 is 4.79 Å².